The van der Waals surface area contributed by atoms with Crippen LogP contribution in [0, 0.1) is 0 Å². The van der Waals surface area contributed by atoms with E-state index in [0.717, 1.165) is 25.7 Å². The van der Waals surface area contributed by atoms with Crippen LogP contribution in [0.2, 0.25) is 0 Å². The van der Waals surface area contributed by atoms with Crippen LogP contribution < -0.4 is 10.8 Å². The van der Waals surface area contributed by atoms with Gasteiger partial charge in [-0.25, -0.2) is 5.48 Å². The lowest BCUT2D eigenvalue weighted by Gasteiger charge is -2.03. The van der Waals surface area contributed by atoms with Crippen LogP contribution >= 0.6 is 11.3 Å². The summed E-state index contributed by atoms with van der Waals surface area (Å²) in [4.78, 5) is 26.7. The Bertz CT molecular complexity index is 368. The van der Waals surface area contributed by atoms with Gasteiger partial charge < -0.3 is 5.32 Å². The molecule has 1 heterocycles. The van der Waals surface area contributed by atoms with E-state index >= 15 is 0 Å². The van der Waals surface area contributed by atoms with Crippen LogP contribution in [0.3, 0.4) is 0 Å². The second-order valence-electron chi connectivity index (χ2n) is 3.82. The smallest absolute Gasteiger partial charge is 0.262 e. The van der Waals surface area contributed by atoms with E-state index in [1.165, 1.54) is 11.3 Å². The first-order valence-corrected chi connectivity index (χ1v) is 6.71. The fraction of sp³-hybridized carbons (Fsp3) is 0.545. The Hall–Kier alpha value is -1.47. The van der Waals surface area contributed by atoms with E-state index < -0.39 is 0 Å². The maximum absolute atomic E-state index is 11.5. The lowest BCUT2D eigenvalue weighted by Crippen LogP contribution is -2.23. The molecule has 0 aliphatic carbocycles. The fourth-order valence-electron chi connectivity index (χ4n) is 1.44. The highest BCUT2D eigenvalue weighted by atomic mass is 32.1. The third-order valence-corrected chi connectivity index (χ3v) is 3.17. The van der Waals surface area contributed by atoms with E-state index in [1.54, 1.807) is 17.2 Å². The van der Waals surface area contributed by atoms with Crippen molar-refractivity contribution >= 4 is 23.2 Å². The van der Waals surface area contributed by atoms with Crippen LogP contribution in [0.15, 0.2) is 11.7 Å². The molecule has 0 radical (unpaired) electrons. The van der Waals surface area contributed by atoms with Crippen LogP contribution in [0.5, 0.6) is 0 Å². The summed E-state index contributed by atoms with van der Waals surface area (Å²) in [5.41, 5.74) is 3.22. The highest BCUT2D eigenvalue weighted by Gasteiger charge is 2.05. The van der Waals surface area contributed by atoms with Gasteiger partial charge >= 0.3 is 0 Å². The molecule has 0 saturated heterocycles. The van der Waals surface area contributed by atoms with Crippen molar-refractivity contribution in [2.75, 3.05) is 6.54 Å². The molecular weight excluding hydrogens is 254 g/mol. The molecule has 0 bridgehead atoms. The molecular formula is C11H17N3O3S. The quantitative estimate of drug-likeness (QED) is 0.378. The summed E-state index contributed by atoms with van der Waals surface area (Å²) in [7, 11) is 0. The maximum Gasteiger partial charge on any atom is 0.262 e. The van der Waals surface area contributed by atoms with Crippen LogP contribution in [0.4, 0.5) is 0 Å². The van der Waals surface area contributed by atoms with Gasteiger partial charge in [-0.15, -0.1) is 11.3 Å². The Labute approximate surface area is 109 Å². The molecule has 0 unspecified atom stereocenters. The third-order valence-electron chi connectivity index (χ3n) is 2.40. The number of carbonyl (C=O) groups is 2. The van der Waals surface area contributed by atoms with Gasteiger partial charge in [-0.3, -0.25) is 19.8 Å². The Morgan fingerprint density at radius 1 is 1.28 bits per heavy atom. The zero-order valence-corrected chi connectivity index (χ0v) is 10.8. The largest absolute Gasteiger partial charge is 0.351 e. The molecule has 18 heavy (non-hydrogen) atoms. The van der Waals surface area contributed by atoms with Crippen LogP contribution in [0.25, 0.3) is 0 Å². The Morgan fingerprint density at radius 2 is 2.06 bits per heavy atom. The fourth-order valence-corrected chi connectivity index (χ4v) is 1.97. The molecule has 0 aromatic carbocycles. The Morgan fingerprint density at radius 3 is 2.72 bits per heavy atom. The molecule has 7 heteroatoms. The van der Waals surface area contributed by atoms with Gasteiger partial charge in [0.25, 0.3) is 5.91 Å². The van der Waals surface area contributed by atoms with Gasteiger partial charge in [-0.2, -0.15) is 0 Å². The summed E-state index contributed by atoms with van der Waals surface area (Å²) >= 11 is 1.32. The third kappa shape index (κ3) is 5.74. The minimum atomic E-state index is -0.353. The first-order valence-electron chi connectivity index (χ1n) is 5.83. The SMILES string of the molecule is O=C(CCCCCCNC(=O)c1cncs1)NO. The number of amides is 2. The lowest BCUT2D eigenvalue weighted by atomic mass is 10.1. The van der Waals surface area contributed by atoms with Crippen LogP contribution in [-0.4, -0.2) is 28.6 Å². The van der Waals surface area contributed by atoms with Crippen molar-refractivity contribution in [2.45, 2.75) is 32.1 Å². The van der Waals surface area contributed by atoms with Gasteiger partial charge in [0, 0.05) is 13.0 Å². The van der Waals surface area contributed by atoms with Crippen molar-refractivity contribution in [3.8, 4) is 0 Å². The summed E-state index contributed by atoms with van der Waals surface area (Å²) in [5.74, 6) is -0.439. The number of unbranched alkanes of at least 4 members (excludes halogenated alkanes) is 3. The van der Waals surface area contributed by atoms with Gasteiger partial charge in [0.2, 0.25) is 5.91 Å². The monoisotopic (exact) mass is 271 g/mol. The van der Waals surface area contributed by atoms with E-state index in [9.17, 15) is 9.59 Å². The van der Waals surface area contributed by atoms with Crippen LogP contribution in [0.1, 0.15) is 41.8 Å². The normalized spacial score (nSPS) is 10.1. The predicted molar refractivity (Wildman–Crippen MR) is 67.5 cm³/mol. The average Bonchev–Trinajstić information content (AvgIpc) is 2.91. The van der Waals surface area contributed by atoms with Crippen molar-refractivity contribution in [1.29, 1.82) is 0 Å². The lowest BCUT2D eigenvalue weighted by molar-refractivity contribution is -0.129. The molecule has 100 valence electrons. The van der Waals surface area contributed by atoms with Crippen molar-refractivity contribution in [3.05, 3.63) is 16.6 Å². The number of hydrogen-bond donors (Lipinski definition) is 3. The number of rotatable bonds is 8. The number of carbonyl (C=O) groups excluding carboxylic acids is 2. The molecule has 0 aliphatic rings. The van der Waals surface area contributed by atoms with Crippen molar-refractivity contribution in [2.24, 2.45) is 0 Å². The standard InChI is InChI=1S/C11H17N3O3S/c15-10(14-17)5-3-1-2-4-6-13-11(16)9-7-12-8-18-9/h7-8,17H,1-6H2,(H,13,16)(H,14,15). The molecule has 0 aliphatic heterocycles. The maximum atomic E-state index is 11.5. The zero-order chi connectivity index (χ0) is 13.2. The summed E-state index contributed by atoms with van der Waals surface area (Å²) in [6, 6.07) is 0. The minimum Gasteiger partial charge on any atom is -0.351 e. The van der Waals surface area contributed by atoms with E-state index in [1.807, 2.05) is 0 Å². The molecule has 3 N–H and O–H groups in total. The minimum absolute atomic E-state index is 0.0860. The van der Waals surface area contributed by atoms with E-state index in [4.69, 9.17) is 5.21 Å². The van der Waals surface area contributed by atoms with Gasteiger partial charge in [0.15, 0.2) is 0 Å². The first kappa shape index (κ1) is 14.6. The molecule has 1 aromatic rings. The number of nitrogens with one attached hydrogen (secondary N) is 2. The number of aromatic nitrogens is 1. The summed E-state index contributed by atoms with van der Waals surface area (Å²) in [6.45, 7) is 0.628. The number of hydroxylamine groups is 1. The molecule has 6 nitrogen and oxygen atoms in total. The van der Waals surface area contributed by atoms with Gasteiger partial charge in [0.05, 0.1) is 11.7 Å². The molecule has 2 amide bonds. The molecule has 0 spiro atoms. The molecule has 0 saturated carbocycles. The molecule has 1 rings (SSSR count). The second-order valence-corrected chi connectivity index (χ2v) is 4.71. The average molecular weight is 271 g/mol. The Balaban J connectivity index is 1.96. The van der Waals surface area contributed by atoms with Gasteiger partial charge in [0.1, 0.15) is 4.88 Å². The molecule has 0 fully saturated rings. The van der Waals surface area contributed by atoms with Crippen LogP contribution in [-0.2, 0) is 4.79 Å². The predicted octanol–water partition coefficient (Wildman–Crippen LogP) is 1.33. The number of thiazole rings is 1. The molecule has 0 atom stereocenters. The van der Waals surface area contributed by atoms with Crippen molar-refractivity contribution in [3.63, 3.8) is 0 Å². The second kappa shape index (κ2) is 8.60. The number of nitrogens with zero attached hydrogens (tertiary/aromatic N) is 1. The van der Waals surface area contributed by atoms with Gasteiger partial charge in [-0.05, 0) is 12.8 Å². The summed E-state index contributed by atoms with van der Waals surface area (Å²) in [5, 5.41) is 11.1. The van der Waals surface area contributed by atoms with Crippen molar-refractivity contribution in [1.82, 2.24) is 15.8 Å². The van der Waals surface area contributed by atoms with Crippen molar-refractivity contribution < 1.29 is 14.8 Å². The first-order chi connectivity index (χ1) is 8.74. The topological polar surface area (TPSA) is 91.3 Å². The zero-order valence-electron chi connectivity index (χ0n) is 10.0. The van der Waals surface area contributed by atoms with Gasteiger partial charge in [-0.1, -0.05) is 12.8 Å². The highest BCUT2D eigenvalue weighted by Crippen LogP contribution is 2.05. The number of hydrogen-bond acceptors (Lipinski definition) is 5. The van der Waals surface area contributed by atoms with E-state index in [0.29, 0.717) is 17.8 Å². The highest BCUT2D eigenvalue weighted by molar-refractivity contribution is 7.11. The summed E-state index contributed by atoms with van der Waals surface area (Å²) < 4.78 is 0. The molecule has 1 aromatic heterocycles. The van der Waals surface area contributed by atoms with E-state index in [2.05, 4.69) is 10.3 Å². The van der Waals surface area contributed by atoms with E-state index in [-0.39, 0.29) is 11.8 Å². The summed E-state index contributed by atoms with van der Waals surface area (Å²) in [6.07, 6.45) is 5.36. The Kier molecular flexibility index (Phi) is 6.97.